The molecule has 1 N–H and O–H groups in total. The predicted molar refractivity (Wildman–Crippen MR) is 142 cm³/mol. The van der Waals surface area contributed by atoms with Crippen molar-refractivity contribution in [1.82, 2.24) is 10.2 Å². The molecule has 0 bridgehead atoms. The van der Waals surface area contributed by atoms with E-state index in [9.17, 15) is 18.0 Å². The van der Waals surface area contributed by atoms with Gasteiger partial charge in [-0.1, -0.05) is 66.9 Å². The Morgan fingerprint density at radius 3 is 2.17 bits per heavy atom. The molecular formula is C25H33Cl2N3O4S. The van der Waals surface area contributed by atoms with Crippen LogP contribution in [-0.2, 0) is 26.2 Å². The number of nitrogens with zero attached hydrogens (tertiary/aromatic N) is 2. The third-order valence-electron chi connectivity index (χ3n) is 5.64. The highest BCUT2D eigenvalue weighted by molar-refractivity contribution is 7.92. The van der Waals surface area contributed by atoms with Crippen molar-refractivity contribution in [3.05, 3.63) is 63.6 Å². The number of hydrogen-bond donors (Lipinski definition) is 1. The summed E-state index contributed by atoms with van der Waals surface area (Å²) in [5.41, 5.74) is 2.02. The number of nitrogens with one attached hydrogen (secondary N) is 1. The van der Waals surface area contributed by atoms with Crippen LogP contribution >= 0.6 is 23.2 Å². The van der Waals surface area contributed by atoms with Gasteiger partial charge in [0.2, 0.25) is 21.8 Å². The fourth-order valence-corrected chi connectivity index (χ4v) is 5.01. The lowest BCUT2D eigenvalue weighted by Gasteiger charge is -2.33. The van der Waals surface area contributed by atoms with Crippen molar-refractivity contribution in [2.24, 2.45) is 0 Å². The second-order valence-electron chi connectivity index (χ2n) is 8.65. The van der Waals surface area contributed by atoms with Crippen molar-refractivity contribution < 1.29 is 18.0 Å². The van der Waals surface area contributed by atoms with Gasteiger partial charge in [0.1, 0.15) is 12.6 Å². The van der Waals surface area contributed by atoms with E-state index >= 15 is 0 Å². The van der Waals surface area contributed by atoms with Gasteiger partial charge >= 0.3 is 0 Å². The Hall–Kier alpha value is -2.29. The van der Waals surface area contributed by atoms with E-state index in [0.717, 1.165) is 28.1 Å². The first kappa shape index (κ1) is 28.9. The highest BCUT2D eigenvalue weighted by Gasteiger charge is 2.32. The molecule has 0 heterocycles. The number of carbonyl (C=O) groups is 2. The third kappa shape index (κ3) is 8.40. The molecule has 0 aliphatic carbocycles. The molecule has 0 saturated heterocycles. The normalized spacial score (nSPS) is 13.1. The van der Waals surface area contributed by atoms with Gasteiger partial charge in [0.15, 0.2) is 0 Å². The Balaban J connectivity index is 2.47. The van der Waals surface area contributed by atoms with Crippen LogP contribution in [-0.4, -0.2) is 50.0 Å². The first-order valence-corrected chi connectivity index (χ1v) is 14.0. The number of aryl methyl sites for hydroxylation is 1. The van der Waals surface area contributed by atoms with Gasteiger partial charge in [-0.3, -0.25) is 13.9 Å². The summed E-state index contributed by atoms with van der Waals surface area (Å²) < 4.78 is 26.3. The molecule has 2 aromatic carbocycles. The van der Waals surface area contributed by atoms with Crippen LogP contribution in [0.5, 0.6) is 0 Å². The molecule has 35 heavy (non-hydrogen) atoms. The van der Waals surface area contributed by atoms with E-state index in [-0.39, 0.29) is 34.2 Å². The maximum absolute atomic E-state index is 13.7. The first-order valence-electron chi connectivity index (χ1n) is 11.4. The minimum Gasteiger partial charge on any atom is -0.352 e. The zero-order chi connectivity index (χ0) is 26.3. The number of amides is 2. The summed E-state index contributed by atoms with van der Waals surface area (Å²) >= 11 is 12.2. The van der Waals surface area contributed by atoms with E-state index in [2.05, 4.69) is 5.32 Å². The van der Waals surface area contributed by atoms with E-state index < -0.39 is 28.5 Å². The van der Waals surface area contributed by atoms with Gasteiger partial charge in [0.25, 0.3) is 0 Å². The summed E-state index contributed by atoms with van der Waals surface area (Å²) in [6.07, 6.45) is 2.11. The molecule has 2 atom stereocenters. The van der Waals surface area contributed by atoms with Crippen LogP contribution in [0.2, 0.25) is 10.0 Å². The average Bonchev–Trinajstić information content (AvgIpc) is 2.75. The van der Waals surface area contributed by atoms with Gasteiger partial charge in [-0.15, -0.1) is 0 Å². The van der Waals surface area contributed by atoms with Crippen molar-refractivity contribution in [3.8, 4) is 0 Å². The van der Waals surface area contributed by atoms with E-state index in [4.69, 9.17) is 23.2 Å². The zero-order valence-corrected chi connectivity index (χ0v) is 23.0. The maximum Gasteiger partial charge on any atom is 0.244 e. The van der Waals surface area contributed by atoms with Crippen LogP contribution in [0.3, 0.4) is 0 Å². The van der Waals surface area contributed by atoms with Crippen LogP contribution in [0, 0.1) is 6.92 Å². The van der Waals surface area contributed by atoms with E-state index in [1.54, 1.807) is 0 Å². The van der Waals surface area contributed by atoms with Crippen molar-refractivity contribution in [2.75, 3.05) is 17.1 Å². The molecule has 0 fully saturated rings. The lowest BCUT2D eigenvalue weighted by Crippen LogP contribution is -2.53. The van der Waals surface area contributed by atoms with E-state index in [1.807, 2.05) is 52.0 Å². The third-order valence-corrected chi connectivity index (χ3v) is 7.21. The summed E-state index contributed by atoms with van der Waals surface area (Å²) in [4.78, 5) is 28.2. The highest BCUT2D eigenvalue weighted by Crippen LogP contribution is 2.27. The van der Waals surface area contributed by atoms with Crippen LogP contribution in [0.4, 0.5) is 5.69 Å². The van der Waals surface area contributed by atoms with Gasteiger partial charge in [-0.05, 0) is 50.5 Å². The minimum absolute atomic E-state index is 0.0615. The van der Waals surface area contributed by atoms with Crippen LogP contribution < -0.4 is 9.62 Å². The second kappa shape index (κ2) is 12.6. The largest absolute Gasteiger partial charge is 0.352 e. The Labute approximate surface area is 218 Å². The van der Waals surface area contributed by atoms with Crippen LogP contribution in [0.15, 0.2) is 42.5 Å². The van der Waals surface area contributed by atoms with Crippen molar-refractivity contribution in [1.29, 1.82) is 0 Å². The molecular weight excluding hydrogens is 509 g/mol. The van der Waals surface area contributed by atoms with Gasteiger partial charge < -0.3 is 10.2 Å². The number of hydrogen-bond acceptors (Lipinski definition) is 4. The summed E-state index contributed by atoms with van der Waals surface area (Å²) in [5, 5.41) is 3.42. The molecule has 7 nitrogen and oxygen atoms in total. The van der Waals surface area contributed by atoms with Crippen LogP contribution in [0.25, 0.3) is 0 Å². The van der Waals surface area contributed by atoms with Crippen LogP contribution in [0.1, 0.15) is 44.7 Å². The van der Waals surface area contributed by atoms with Crippen molar-refractivity contribution in [3.63, 3.8) is 0 Å². The Bertz CT molecular complexity index is 1140. The Morgan fingerprint density at radius 2 is 1.66 bits per heavy atom. The van der Waals surface area contributed by atoms with Gasteiger partial charge in [-0.2, -0.15) is 0 Å². The molecule has 0 aromatic heterocycles. The van der Waals surface area contributed by atoms with Gasteiger partial charge in [0, 0.05) is 22.6 Å². The fourth-order valence-electron chi connectivity index (χ4n) is 3.66. The first-order chi connectivity index (χ1) is 16.3. The summed E-state index contributed by atoms with van der Waals surface area (Å²) in [6, 6.07) is 11.1. The van der Waals surface area contributed by atoms with Gasteiger partial charge in [-0.25, -0.2) is 8.42 Å². The molecule has 0 aliphatic heterocycles. The summed E-state index contributed by atoms with van der Waals surface area (Å²) in [6.45, 7) is 7.27. The topological polar surface area (TPSA) is 86.8 Å². The minimum atomic E-state index is -3.87. The number of anilines is 1. The molecule has 0 radical (unpaired) electrons. The molecule has 2 aromatic rings. The number of sulfonamides is 1. The smallest absolute Gasteiger partial charge is 0.244 e. The molecule has 2 rings (SSSR count). The van der Waals surface area contributed by atoms with E-state index in [1.165, 1.54) is 23.1 Å². The van der Waals surface area contributed by atoms with E-state index in [0.29, 0.717) is 6.42 Å². The predicted octanol–water partition coefficient (Wildman–Crippen LogP) is 4.79. The second-order valence-corrected chi connectivity index (χ2v) is 11.4. The Kier molecular flexibility index (Phi) is 10.4. The molecule has 10 heteroatoms. The molecule has 0 saturated carbocycles. The number of benzene rings is 2. The van der Waals surface area contributed by atoms with Crippen molar-refractivity contribution in [2.45, 2.75) is 59.2 Å². The summed E-state index contributed by atoms with van der Waals surface area (Å²) in [5.74, 6) is -0.793. The number of halogens is 2. The fraction of sp³-hybridized carbons (Fsp3) is 0.440. The SMILES string of the molecule is CC[C@@H](C)NC(=O)[C@@H](CC)N(Cc1cccc(C)c1)C(=O)CN(c1cc(Cl)cc(Cl)c1)S(C)(=O)=O. The monoisotopic (exact) mass is 541 g/mol. The number of rotatable bonds is 11. The Morgan fingerprint density at radius 1 is 1.03 bits per heavy atom. The van der Waals surface area contributed by atoms with Gasteiger partial charge in [0.05, 0.1) is 11.9 Å². The molecule has 192 valence electrons. The lowest BCUT2D eigenvalue weighted by molar-refractivity contribution is -0.140. The van der Waals surface area contributed by atoms with Crippen molar-refractivity contribution >= 4 is 50.7 Å². The standard InChI is InChI=1S/C25H33Cl2N3O4S/c1-6-18(4)28-25(32)23(7-2)29(15-19-10-8-9-17(3)11-19)24(31)16-30(35(5,33)34)22-13-20(26)12-21(27)14-22/h8-14,18,23H,6-7,15-16H2,1-5H3,(H,28,32)/t18-,23-/m1/s1. The average molecular weight is 543 g/mol. The molecule has 0 aliphatic rings. The highest BCUT2D eigenvalue weighted by atomic mass is 35.5. The quantitative estimate of drug-likeness (QED) is 0.443. The molecule has 0 unspecified atom stereocenters. The molecule has 0 spiro atoms. The maximum atomic E-state index is 13.7. The lowest BCUT2D eigenvalue weighted by atomic mass is 10.1. The number of carbonyl (C=O) groups excluding carboxylic acids is 2. The summed E-state index contributed by atoms with van der Waals surface area (Å²) in [7, 11) is -3.87. The zero-order valence-electron chi connectivity index (χ0n) is 20.7. The molecule has 2 amide bonds.